The summed E-state index contributed by atoms with van der Waals surface area (Å²) < 4.78 is 33.1. The topological polar surface area (TPSA) is 105 Å². The van der Waals surface area contributed by atoms with Gasteiger partial charge in [0.1, 0.15) is 5.75 Å². The summed E-state index contributed by atoms with van der Waals surface area (Å²) in [6.07, 6.45) is -0.124. The molecule has 0 aliphatic carbocycles. The Labute approximate surface area is 206 Å². The van der Waals surface area contributed by atoms with Crippen LogP contribution in [0.15, 0.2) is 77.7 Å². The number of benzene rings is 3. The fourth-order valence-corrected chi connectivity index (χ4v) is 4.87. The van der Waals surface area contributed by atoms with Gasteiger partial charge in [-0.1, -0.05) is 42.0 Å². The Morgan fingerprint density at radius 2 is 1.54 bits per heavy atom. The van der Waals surface area contributed by atoms with Gasteiger partial charge in [0, 0.05) is 13.0 Å². The van der Waals surface area contributed by atoms with E-state index >= 15 is 0 Å². The van der Waals surface area contributed by atoms with E-state index in [0.717, 1.165) is 11.1 Å². The van der Waals surface area contributed by atoms with Gasteiger partial charge in [-0.05, 0) is 55.8 Å². The third-order valence-electron chi connectivity index (χ3n) is 5.27. The number of carbonyl (C=O) groups excluding carboxylic acids is 2. The molecule has 3 aromatic carbocycles. The predicted molar refractivity (Wildman–Crippen MR) is 136 cm³/mol. The number of anilines is 2. The number of hydrogen-bond acceptors (Lipinski definition) is 5. The zero-order valence-corrected chi connectivity index (χ0v) is 20.8. The molecule has 35 heavy (non-hydrogen) atoms. The summed E-state index contributed by atoms with van der Waals surface area (Å²) in [7, 11) is -2.38. The minimum absolute atomic E-state index is 0.0840. The Morgan fingerprint density at radius 3 is 2.20 bits per heavy atom. The van der Waals surface area contributed by atoms with Crippen LogP contribution in [0, 0.1) is 13.8 Å². The van der Waals surface area contributed by atoms with E-state index in [0.29, 0.717) is 17.1 Å². The van der Waals surface area contributed by atoms with Gasteiger partial charge in [-0.15, -0.1) is 0 Å². The second-order valence-corrected chi connectivity index (χ2v) is 9.87. The number of nitrogens with zero attached hydrogens (tertiary/aromatic N) is 1. The number of rotatable bonds is 10. The smallest absolute Gasteiger partial charge is 0.264 e. The van der Waals surface area contributed by atoms with Crippen LogP contribution in [0.1, 0.15) is 17.5 Å². The molecule has 0 fully saturated rings. The SMILES string of the molecule is COc1ccc(C)cc1NC(=O)CNC(=O)CCN(c1ccccc1)S(=O)(=O)c1ccc(C)cc1. The highest BCUT2D eigenvalue weighted by Crippen LogP contribution is 2.25. The van der Waals surface area contributed by atoms with E-state index in [-0.39, 0.29) is 24.4 Å². The summed E-state index contributed by atoms with van der Waals surface area (Å²) in [5.74, 6) is -0.360. The van der Waals surface area contributed by atoms with Crippen molar-refractivity contribution in [3.05, 3.63) is 83.9 Å². The first-order valence-corrected chi connectivity index (χ1v) is 12.5. The van der Waals surface area contributed by atoms with E-state index in [4.69, 9.17) is 4.74 Å². The number of sulfonamides is 1. The molecule has 8 nitrogen and oxygen atoms in total. The fraction of sp³-hybridized carbons (Fsp3) is 0.231. The van der Waals surface area contributed by atoms with Gasteiger partial charge >= 0.3 is 0 Å². The molecule has 184 valence electrons. The first-order chi connectivity index (χ1) is 16.7. The molecular weight excluding hydrogens is 466 g/mol. The van der Waals surface area contributed by atoms with Crippen molar-refractivity contribution in [1.29, 1.82) is 0 Å². The predicted octanol–water partition coefficient (Wildman–Crippen LogP) is 3.65. The molecular formula is C26H29N3O5S. The lowest BCUT2D eigenvalue weighted by Gasteiger charge is -2.24. The number of amides is 2. The van der Waals surface area contributed by atoms with E-state index in [1.807, 2.05) is 19.9 Å². The molecule has 3 aromatic rings. The average Bonchev–Trinajstić information content (AvgIpc) is 2.84. The molecule has 0 spiro atoms. The molecule has 9 heteroatoms. The van der Waals surface area contributed by atoms with Gasteiger partial charge in [0.15, 0.2) is 0 Å². The minimum atomic E-state index is -3.89. The van der Waals surface area contributed by atoms with Crippen LogP contribution in [0.25, 0.3) is 0 Å². The number of carbonyl (C=O) groups is 2. The number of methoxy groups -OCH3 is 1. The molecule has 3 rings (SSSR count). The maximum atomic E-state index is 13.3. The van der Waals surface area contributed by atoms with Crippen LogP contribution in [0.4, 0.5) is 11.4 Å². The normalized spacial score (nSPS) is 10.9. The quantitative estimate of drug-likeness (QED) is 0.447. The summed E-state index contributed by atoms with van der Waals surface area (Å²) in [5, 5.41) is 5.26. The molecule has 0 heterocycles. The molecule has 0 saturated carbocycles. The number of nitrogens with one attached hydrogen (secondary N) is 2. The van der Waals surface area contributed by atoms with Crippen LogP contribution in [-0.4, -0.2) is 40.4 Å². The van der Waals surface area contributed by atoms with E-state index in [1.165, 1.54) is 11.4 Å². The van der Waals surface area contributed by atoms with Gasteiger partial charge in [0.05, 0.1) is 29.9 Å². The Kier molecular flexibility index (Phi) is 8.48. The standard InChI is InChI=1S/C26H29N3O5S/c1-19-9-12-22(13-10-19)35(32,33)29(21-7-5-4-6-8-21)16-15-25(30)27-18-26(31)28-23-17-20(2)11-14-24(23)34-3/h4-14,17H,15-16,18H2,1-3H3,(H,27,30)(H,28,31). The summed E-state index contributed by atoms with van der Waals surface area (Å²) in [5.41, 5.74) is 2.84. The van der Waals surface area contributed by atoms with E-state index in [9.17, 15) is 18.0 Å². The molecule has 0 aromatic heterocycles. The van der Waals surface area contributed by atoms with E-state index in [1.54, 1.807) is 66.7 Å². The number of aryl methyl sites for hydroxylation is 2. The lowest BCUT2D eigenvalue weighted by atomic mass is 10.2. The second kappa shape index (κ2) is 11.5. The number of hydrogen-bond donors (Lipinski definition) is 2. The third-order valence-corrected chi connectivity index (χ3v) is 7.11. The van der Waals surface area contributed by atoms with Crippen LogP contribution in [0.2, 0.25) is 0 Å². The zero-order chi connectivity index (χ0) is 25.4. The average molecular weight is 496 g/mol. The van der Waals surface area contributed by atoms with Gasteiger partial charge in [-0.25, -0.2) is 8.42 Å². The third kappa shape index (κ3) is 6.83. The van der Waals surface area contributed by atoms with Gasteiger partial charge in [-0.3, -0.25) is 13.9 Å². The van der Waals surface area contributed by atoms with Crippen LogP contribution in [0.3, 0.4) is 0 Å². The molecule has 0 unspecified atom stereocenters. The van der Waals surface area contributed by atoms with Crippen LogP contribution in [-0.2, 0) is 19.6 Å². The molecule has 2 amide bonds. The maximum Gasteiger partial charge on any atom is 0.264 e. The van der Waals surface area contributed by atoms with Crippen molar-refractivity contribution in [2.24, 2.45) is 0 Å². The number of ether oxygens (including phenoxy) is 1. The number of para-hydroxylation sites is 1. The summed E-state index contributed by atoms with van der Waals surface area (Å²) in [4.78, 5) is 25.0. The molecule has 0 aliphatic rings. The van der Waals surface area contributed by atoms with Crippen LogP contribution >= 0.6 is 0 Å². The molecule has 0 radical (unpaired) electrons. The first-order valence-electron chi connectivity index (χ1n) is 11.1. The van der Waals surface area contributed by atoms with E-state index in [2.05, 4.69) is 10.6 Å². The summed E-state index contributed by atoms with van der Waals surface area (Å²) >= 11 is 0. The molecule has 0 atom stereocenters. The van der Waals surface area contributed by atoms with Crippen LogP contribution in [0.5, 0.6) is 5.75 Å². The maximum absolute atomic E-state index is 13.3. The second-order valence-electron chi connectivity index (χ2n) is 8.00. The van der Waals surface area contributed by atoms with Gasteiger partial charge in [0.25, 0.3) is 10.0 Å². The van der Waals surface area contributed by atoms with Crippen molar-refractivity contribution in [3.8, 4) is 5.75 Å². The highest BCUT2D eigenvalue weighted by atomic mass is 32.2. The highest BCUT2D eigenvalue weighted by molar-refractivity contribution is 7.92. The molecule has 0 saturated heterocycles. The molecule has 0 aliphatic heterocycles. The zero-order valence-electron chi connectivity index (χ0n) is 19.9. The fourth-order valence-electron chi connectivity index (χ4n) is 3.40. The van der Waals surface area contributed by atoms with Gasteiger partial charge in [0.2, 0.25) is 11.8 Å². The van der Waals surface area contributed by atoms with Crippen LogP contribution < -0.4 is 19.7 Å². The Hall–Kier alpha value is -3.85. The van der Waals surface area contributed by atoms with Crippen molar-refractivity contribution in [2.45, 2.75) is 25.2 Å². The van der Waals surface area contributed by atoms with Crippen molar-refractivity contribution >= 4 is 33.2 Å². The lowest BCUT2D eigenvalue weighted by molar-refractivity contribution is -0.124. The molecule has 2 N–H and O–H groups in total. The summed E-state index contributed by atoms with van der Waals surface area (Å²) in [6.45, 7) is 3.42. The summed E-state index contributed by atoms with van der Waals surface area (Å²) in [6, 6.07) is 20.5. The van der Waals surface area contributed by atoms with Crippen molar-refractivity contribution in [2.75, 3.05) is 29.8 Å². The monoisotopic (exact) mass is 495 g/mol. The van der Waals surface area contributed by atoms with Gasteiger partial charge < -0.3 is 15.4 Å². The largest absolute Gasteiger partial charge is 0.495 e. The van der Waals surface area contributed by atoms with Gasteiger partial charge in [-0.2, -0.15) is 0 Å². The lowest BCUT2D eigenvalue weighted by Crippen LogP contribution is -2.37. The van der Waals surface area contributed by atoms with Crippen molar-refractivity contribution in [1.82, 2.24) is 5.32 Å². The minimum Gasteiger partial charge on any atom is -0.495 e. The highest BCUT2D eigenvalue weighted by Gasteiger charge is 2.25. The Balaban J connectivity index is 1.65. The Bertz CT molecular complexity index is 1280. The Morgan fingerprint density at radius 1 is 0.886 bits per heavy atom. The van der Waals surface area contributed by atoms with Crippen molar-refractivity contribution < 1.29 is 22.7 Å². The van der Waals surface area contributed by atoms with Crippen molar-refractivity contribution in [3.63, 3.8) is 0 Å². The first kappa shape index (κ1) is 25.8. The molecule has 0 bridgehead atoms. The van der Waals surface area contributed by atoms with E-state index < -0.39 is 21.8 Å².